The van der Waals surface area contributed by atoms with Gasteiger partial charge in [-0.15, -0.1) is 0 Å². The second kappa shape index (κ2) is 4.69. The van der Waals surface area contributed by atoms with Crippen LogP contribution in [-0.4, -0.2) is 17.6 Å². The molecule has 0 aromatic heterocycles. The predicted octanol–water partition coefficient (Wildman–Crippen LogP) is 3.75. The van der Waals surface area contributed by atoms with Gasteiger partial charge in [-0.2, -0.15) is 0 Å². The highest BCUT2D eigenvalue weighted by molar-refractivity contribution is 9.10. The van der Waals surface area contributed by atoms with Gasteiger partial charge in [0.15, 0.2) is 0 Å². The van der Waals surface area contributed by atoms with E-state index >= 15 is 0 Å². The quantitative estimate of drug-likeness (QED) is 0.870. The molecule has 1 aromatic rings. The van der Waals surface area contributed by atoms with Crippen molar-refractivity contribution < 1.29 is 9.90 Å². The highest BCUT2D eigenvalue weighted by Gasteiger charge is 2.40. The number of aromatic carboxylic acids is 1. The summed E-state index contributed by atoms with van der Waals surface area (Å²) >= 11 is 3.28. The zero-order chi connectivity index (χ0) is 12.5. The van der Waals surface area contributed by atoms with Crippen LogP contribution in [0.4, 0.5) is 5.69 Å². The summed E-state index contributed by atoms with van der Waals surface area (Å²) in [6, 6.07) is 5.27. The van der Waals surface area contributed by atoms with Gasteiger partial charge in [0.05, 0.1) is 5.56 Å². The second-order valence-corrected chi connectivity index (χ2v) is 5.56. The standard InChI is InChI=1S/C13H16BrNO2/c1-2-13(5-6-13)8-15-9-3-4-10(12(16)17)11(14)7-9/h3-4,7,15H,2,5-6,8H2,1H3,(H,16,17). The van der Waals surface area contributed by atoms with Crippen molar-refractivity contribution in [1.29, 1.82) is 0 Å². The van der Waals surface area contributed by atoms with E-state index in [4.69, 9.17) is 5.11 Å². The summed E-state index contributed by atoms with van der Waals surface area (Å²) < 4.78 is 0.622. The van der Waals surface area contributed by atoms with E-state index in [1.165, 1.54) is 19.3 Å². The lowest BCUT2D eigenvalue weighted by Crippen LogP contribution is -2.14. The van der Waals surface area contributed by atoms with Crippen LogP contribution in [0.1, 0.15) is 36.5 Å². The molecule has 92 valence electrons. The number of halogens is 1. The summed E-state index contributed by atoms with van der Waals surface area (Å²) in [5.41, 5.74) is 1.76. The topological polar surface area (TPSA) is 49.3 Å². The highest BCUT2D eigenvalue weighted by atomic mass is 79.9. The Morgan fingerprint density at radius 3 is 2.71 bits per heavy atom. The summed E-state index contributed by atoms with van der Waals surface area (Å²) in [6.07, 6.45) is 3.80. The highest BCUT2D eigenvalue weighted by Crippen LogP contribution is 2.48. The molecule has 0 bridgehead atoms. The molecular formula is C13H16BrNO2. The number of hydrogen-bond donors (Lipinski definition) is 2. The molecule has 4 heteroatoms. The molecule has 1 saturated carbocycles. The normalized spacial score (nSPS) is 16.6. The van der Waals surface area contributed by atoms with Crippen LogP contribution < -0.4 is 5.32 Å². The van der Waals surface area contributed by atoms with E-state index in [0.29, 0.717) is 15.5 Å². The predicted molar refractivity (Wildman–Crippen MR) is 71.5 cm³/mol. The van der Waals surface area contributed by atoms with Crippen molar-refractivity contribution in [3.63, 3.8) is 0 Å². The van der Waals surface area contributed by atoms with Gasteiger partial charge in [0, 0.05) is 16.7 Å². The molecule has 0 spiro atoms. The van der Waals surface area contributed by atoms with Gasteiger partial charge in [0.1, 0.15) is 0 Å². The number of anilines is 1. The summed E-state index contributed by atoms with van der Waals surface area (Å²) in [5.74, 6) is -0.907. The molecule has 1 aliphatic carbocycles. The Hall–Kier alpha value is -1.03. The van der Waals surface area contributed by atoms with Crippen molar-refractivity contribution in [3.05, 3.63) is 28.2 Å². The molecule has 0 radical (unpaired) electrons. The molecule has 0 saturated heterocycles. The molecular weight excluding hydrogens is 282 g/mol. The third-order valence-corrected chi connectivity index (χ3v) is 4.23. The van der Waals surface area contributed by atoms with Crippen molar-refractivity contribution >= 4 is 27.6 Å². The first-order valence-corrected chi connectivity index (χ1v) is 6.62. The number of carboxylic acids is 1. The minimum Gasteiger partial charge on any atom is -0.478 e. The van der Waals surface area contributed by atoms with E-state index in [-0.39, 0.29) is 0 Å². The molecule has 1 fully saturated rings. The number of carbonyl (C=O) groups is 1. The first kappa shape index (κ1) is 12.4. The van der Waals surface area contributed by atoms with Crippen LogP contribution in [0.15, 0.2) is 22.7 Å². The van der Waals surface area contributed by atoms with Gasteiger partial charge in [-0.3, -0.25) is 0 Å². The Labute approximate surface area is 109 Å². The van der Waals surface area contributed by atoms with E-state index in [1.54, 1.807) is 6.07 Å². The fourth-order valence-corrected chi connectivity index (χ4v) is 2.47. The summed E-state index contributed by atoms with van der Waals surface area (Å²) in [5, 5.41) is 12.3. The van der Waals surface area contributed by atoms with E-state index in [2.05, 4.69) is 28.2 Å². The van der Waals surface area contributed by atoms with Gasteiger partial charge in [-0.05, 0) is 58.8 Å². The molecule has 0 amide bonds. The van der Waals surface area contributed by atoms with Gasteiger partial charge in [0.2, 0.25) is 0 Å². The molecule has 0 aliphatic heterocycles. The molecule has 17 heavy (non-hydrogen) atoms. The van der Waals surface area contributed by atoms with Crippen LogP contribution in [0.5, 0.6) is 0 Å². The lowest BCUT2D eigenvalue weighted by Gasteiger charge is -2.15. The second-order valence-electron chi connectivity index (χ2n) is 4.71. The maximum Gasteiger partial charge on any atom is 0.336 e. The Morgan fingerprint density at radius 2 is 2.24 bits per heavy atom. The first-order valence-electron chi connectivity index (χ1n) is 5.83. The fourth-order valence-electron chi connectivity index (χ4n) is 1.92. The molecule has 0 atom stereocenters. The average molecular weight is 298 g/mol. The molecule has 1 aliphatic rings. The molecule has 2 N–H and O–H groups in total. The smallest absolute Gasteiger partial charge is 0.336 e. The Balaban J connectivity index is 2.03. The van der Waals surface area contributed by atoms with E-state index in [9.17, 15) is 4.79 Å². The minimum absolute atomic E-state index is 0.298. The van der Waals surface area contributed by atoms with Crippen molar-refractivity contribution in [2.75, 3.05) is 11.9 Å². The van der Waals surface area contributed by atoms with Crippen LogP contribution in [0.25, 0.3) is 0 Å². The lowest BCUT2D eigenvalue weighted by molar-refractivity contribution is 0.0696. The number of nitrogens with one attached hydrogen (secondary N) is 1. The zero-order valence-electron chi connectivity index (χ0n) is 9.79. The molecule has 1 aromatic carbocycles. The van der Waals surface area contributed by atoms with Gasteiger partial charge >= 0.3 is 5.97 Å². The fraction of sp³-hybridized carbons (Fsp3) is 0.462. The maximum atomic E-state index is 10.9. The monoisotopic (exact) mass is 297 g/mol. The Bertz CT molecular complexity index is 441. The van der Waals surface area contributed by atoms with E-state index in [1.807, 2.05) is 12.1 Å². The summed E-state index contributed by atoms with van der Waals surface area (Å²) in [6.45, 7) is 3.19. The number of benzene rings is 1. The van der Waals surface area contributed by atoms with Crippen molar-refractivity contribution in [1.82, 2.24) is 0 Å². The summed E-state index contributed by atoms with van der Waals surface area (Å²) in [4.78, 5) is 10.9. The first-order chi connectivity index (χ1) is 8.06. The number of hydrogen-bond acceptors (Lipinski definition) is 2. The van der Waals surface area contributed by atoms with Crippen LogP contribution in [-0.2, 0) is 0 Å². The molecule has 2 rings (SSSR count). The number of carboxylic acid groups (broad SMARTS) is 1. The van der Waals surface area contributed by atoms with Crippen molar-refractivity contribution in [2.24, 2.45) is 5.41 Å². The van der Waals surface area contributed by atoms with Crippen LogP contribution in [0.3, 0.4) is 0 Å². The van der Waals surface area contributed by atoms with Crippen LogP contribution in [0.2, 0.25) is 0 Å². The number of rotatable bonds is 5. The van der Waals surface area contributed by atoms with E-state index in [0.717, 1.165) is 12.2 Å². The van der Waals surface area contributed by atoms with Crippen molar-refractivity contribution in [3.8, 4) is 0 Å². The molecule has 0 unspecified atom stereocenters. The van der Waals surface area contributed by atoms with Gasteiger partial charge in [-0.25, -0.2) is 4.79 Å². The van der Waals surface area contributed by atoms with Gasteiger partial charge in [0.25, 0.3) is 0 Å². The van der Waals surface area contributed by atoms with Crippen molar-refractivity contribution in [2.45, 2.75) is 26.2 Å². The maximum absolute atomic E-state index is 10.9. The average Bonchev–Trinajstić information content (AvgIpc) is 3.07. The Morgan fingerprint density at radius 1 is 1.53 bits per heavy atom. The molecule has 0 heterocycles. The Kier molecular flexibility index (Phi) is 3.43. The zero-order valence-corrected chi connectivity index (χ0v) is 11.4. The third kappa shape index (κ3) is 2.80. The van der Waals surface area contributed by atoms with E-state index < -0.39 is 5.97 Å². The van der Waals surface area contributed by atoms with Crippen LogP contribution in [0, 0.1) is 5.41 Å². The van der Waals surface area contributed by atoms with Crippen LogP contribution >= 0.6 is 15.9 Å². The third-order valence-electron chi connectivity index (χ3n) is 3.57. The minimum atomic E-state index is -0.907. The molecule has 3 nitrogen and oxygen atoms in total. The van der Waals surface area contributed by atoms with Gasteiger partial charge < -0.3 is 10.4 Å². The lowest BCUT2D eigenvalue weighted by atomic mass is 10.0. The SMILES string of the molecule is CCC1(CNc2ccc(C(=O)O)c(Br)c2)CC1. The van der Waals surface area contributed by atoms with Gasteiger partial charge in [-0.1, -0.05) is 6.92 Å². The largest absolute Gasteiger partial charge is 0.478 e. The summed E-state index contributed by atoms with van der Waals surface area (Å²) in [7, 11) is 0.